The van der Waals surface area contributed by atoms with Crippen LogP contribution in [0, 0.1) is 0 Å². The van der Waals surface area contributed by atoms with Crippen LogP contribution in [0.25, 0.3) is 0 Å². The summed E-state index contributed by atoms with van der Waals surface area (Å²) >= 11 is 3.23. The number of anilines is 1. The number of hydrogen-bond donors (Lipinski definition) is 1. The number of ether oxygens (including phenoxy) is 1. The molecule has 0 bridgehead atoms. The number of nitrogens with two attached hydrogens (primary N) is 1. The van der Waals surface area contributed by atoms with Crippen molar-refractivity contribution in [3.8, 4) is 0 Å². The summed E-state index contributed by atoms with van der Waals surface area (Å²) in [6.07, 6.45) is 0. The number of Topliss-reactive ketones (excluding diaryl/α,β-unsaturated/α-hetero) is 1. The second-order valence-electron chi connectivity index (χ2n) is 3.35. The summed E-state index contributed by atoms with van der Waals surface area (Å²) in [6.45, 7) is 1.46. The van der Waals surface area contributed by atoms with Crippen LogP contribution in [-0.2, 0) is 9.53 Å². The van der Waals surface area contributed by atoms with Crippen LogP contribution in [0.5, 0.6) is 0 Å². The first kappa shape index (κ1) is 12.7. The lowest BCUT2D eigenvalue weighted by Gasteiger charge is -2.09. The predicted octanol–water partition coefficient (Wildman–Crippen LogP) is 2.08. The van der Waals surface area contributed by atoms with E-state index in [1.807, 2.05) is 0 Å². The van der Waals surface area contributed by atoms with Crippen LogP contribution in [0.1, 0.15) is 27.7 Å². The van der Waals surface area contributed by atoms with Gasteiger partial charge < -0.3 is 10.5 Å². The fraction of sp³-hybridized carbons (Fsp3) is 0.273. The van der Waals surface area contributed by atoms with E-state index >= 15 is 0 Å². The highest BCUT2D eigenvalue weighted by Gasteiger charge is 2.16. The number of carbonyl (C=O) groups is 2. The van der Waals surface area contributed by atoms with Gasteiger partial charge in [0.15, 0.2) is 0 Å². The highest BCUT2D eigenvalue weighted by Crippen LogP contribution is 2.26. The molecule has 0 aliphatic rings. The largest absolute Gasteiger partial charge is 0.465 e. The third-order valence-corrected chi connectivity index (χ3v) is 3.22. The van der Waals surface area contributed by atoms with Crippen molar-refractivity contribution in [2.75, 3.05) is 12.8 Å². The van der Waals surface area contributed by atoms with Crippen molar-refractivity contribution in [3.63, 3.8) is 0 Å². The average molecular weight is 286 g/mol. The van der Waals surface area contributed by atoms with Crippen molar-refractivity contribution >= 4 is 33.4 Å². The topological polar surface area (TPSA) is 69.4 Å². The van der Waals surface area contributed by atoms with Gasteiger partial charge in [0.25, 0.3) is 0 Å². The van der Waals surface area contributed by atoms with E-state index in [2.05, 4.69) is 20.7 Å². The van der Waals surface area contributed by atoms with Gasteiger partial charge in [0.1, 0.15) is 5.78 Å². The molecule has 0 amide bonds. The van der Waals surface area contributed by atoms with Gasteiger partial charge in [-0.1, -0.05) is 15.9 Å². The predicted molar refractivity (Wildman–Crippen MR) is 64.5 cm³/mol. The summed E-state index contributed by atoms with van der Waals surface area (Å²) < 4.78 is 4.59. The van der Waals surface area contributed by atoms with Gasteiger partial charge in [-0.05, 0) is 30.7 Å². The van der Waals surface area contributed by atoms with Gasteiger partial charge in [0.05, 0.1) is 17.5 Å². The summed E-state index contributed by atoms with van der Waals surface area (Å²) in [6, 6.07) is 4.74. The number of rotatable bonds is 3. The Morgan fingerprint density at radius 3 is 2.50 bits per heavy atom. The number of hydrogen-bond acceptors (Lipinski definition) is 4. The molecule has 0 spiro atoms. The zero-order valence-electron chi connectivity index (χ0n) is 8.99. The average Bonchev–Trinajstić information content (AvgIpc) is 2.25. The van der Waals surface area contributed by atoms with Crippen molar-refractivity contribution in [1.29, 1.82) is 0 Å². The first-order valence-corrected chi connectivity index (χ1v) is 5.50. The minimum Gasteiger partial charge on any atom is -0.465 e. The molecule has 0 aliphatic carbocycles. The fourth-order valence-corrected chi connectivity index (χ4v) is 1.56. The number of nitrogen functional groups attached to an aromatic ring is 1. The molecule has 86 valence electrons. The second kappa shape index (κ2) is 5.12. The van der Waals surface area contributed by atoms with Crippen molar-refractivity contribution in [1.82, 2.24) is 0 Å². The Morgan fingerprint density at radius 1 is 1.38 bits per heavy atom. The van der Waals surface area contributed by atoms with E-state index in [1.165, 1.54) is 20.1 Å². The summed E-state index contributed by atoms with van der Waals surface area (Å²) in [5.41, 5.74) is 7.05. The zero-order chi connectivity index (χ0) is 12.3. The van der Waals surface area contributed by atoms with E-state index < -0.39 is 10.8 Å². The van der Waals surface area contributed by atoms with Gasteiger partial charge in [0.2, 0.25) is 0 Å². The number of halogens is 1. The molecule has 16 heavy (non-hydrogen) atoms. The number of methoxy groups -OCH3 is 1. The third-order valence-electron chi connectivity index (χ3n) is 2.05. The number of carbonyl (C=O) groups excluding carboxylic acids is 2. The summed E-state index contributed by atoms with van der Waals surface area (Å²) in [7, 11) is 1.29. The molecule has 0 saturated heterocycles. The zero-order valence-corrected chi connectivity index (χ0v) is 10.6. The molecule has 1 aromatic carbocycles. The molecule has 0 heterocycles. The highest BCUT2D eigenvalue weighted by molar-refractivity contribution is 9.09. The van der Waals surface area contributed by atoms with Crippen LogP contribution < -0.4 is 5.73 Å². The minimum absolute atomic E-state index is 0.0542. The van der Waals surface area contributed by atoms with Gasteiger partial charge in [-0.15, -0.1) is 0 Å². The summed E-state index contributed by atoms with van der Waals surface area (Å²) in [5.74, 6) is -0.529. The fourth-order valence-electron chi connectivity index (χ4n) is 1.29. The van der Waals surface area contributed by atoms with Gasteiger partial charge in [-0.3, -0.25) is 4.79 Å². The Hall–Kier alpha value is -1.36. The molecule has 1 rings (SSSR count). The van der Waals surface area contributed by atoms with E-state index in [1.54, 1.807) is 12.1 Å². The molecule has 4 nitrogen and oxygen atoms in total. The van der Waals surface area contributed by atoms with Crippen molar-refractivity contribution in [2.45, 2.75) is 11.8 Å². The Balaban J connectivity index is 3.17. The van der Waals surface area contributed by atoms with Gasteiger partial charge >= 0.3 is 5.97 Å². The number of benzene rings is 1. The Labute approximate surface area is 102 Å². The molecule has 1 unspecified atom stereocenters. The van der Waals surface area contributed by atoms with Gasteiger partial charge in [-0.2, -0.15) is 0 Å². The van der Waals surface area contributed by atoms with Crippen LogP contribution in [-0.4, -0.2) is 18.9 Å². The SMILES string of the molecule is COC(=O)c1cc(N)cc(C(Br)C(C)=O)c1. The van der Waals surface area contributed by atoms with Gasteiger partial charge in [0, 0.05) is 5.69 Å². The van der Waals surface area contributed by atoms with Crippen LogP contribution >= 0.6 is 15.9 Å². The molecule has 0 radical (unpaired) electrons. The first-order valence-electron chi connectivity index (χ1n) is 4.59. The molecule has 1 aromatic rings. The first-order chi connectivity index (χ1) is 7.45. The lowest BCUT2D eigenvalue weighted by atomic mass is 10.0. The van der Waals surface area contributed by atoms with E-state index in [-0.39, 0.29) is 5.78 Å². The molecular formula is C11H12BrNO3. The van der Waals surface area contributed by atoms with Crippen LogP contribution in [0.15, 0.2) is 18.2 Å². The van der Waals surface area contributed by atoms with Crippen LogP contribution in [0.4, 0.5) is 5.69 Å². The highest BCUT2D eigenvalue weighted by atomic mass is 79.9. The van der Waals surface area contributed by atoms with Crippen molar-refractivity contribution < 1.29 is 14.3 Å². The van der Waals surface area contributed by atoms with Gasteiger partial charge in [-0.25, -0.2) is 4.79 Å². The van der Waals surface area contributed by atoms with E-state index in [4.69, 9.17) is 5.73 Å². The minimum atomic E-state index is -0.475. The lowest BCUT2D eigenvalue weighted by molar-refractivity contribution is -0.116. The summed E-state index contributed by atoms with van der Waals surface area (Å²) in [4.78, 5) is 22.1. The third kappa shape index (κ3) is 2.82. The monoisotopic (exact) mass is 285 g/mol. The maximum Gasteiger partial charge on any atom is 0.337 e. The molecule has 0 saturated carbocycles. The maximum absolute atomic E-state index is 11.3. The molecule has 2 N–H and O–H groups in total. The number of esters is 1. The molecule has 0 aliphatic heterocycles. The molecule has 1 atom stereocenters. The lowest BCUT2D eigenvalue weighted by Crippen LogP contribution is -2.07. The van der Waals surface area contributed by atoms with Crippen molar-refractivity contribution in [3.05, 3.63) is 29.3 Å². The molecule has 0 fully saturated rings. The normalized spacial score (nSPS) is 11.9. The van der Waals surface area contributed by atoms with Crippen LogP contribution in [0.3, 0.4) is 0 Å². The molecule has 5 heteroatoms. The Bertz CT molecular complexity index is 431. The van der Waals surface area contributed by atoms with Crippen molar-refractivity contribution in [2.24, 2.45) is 0 Å². The smallest absolute Gasteiger partial charge is 0.337 e. The number of alkyl halides is 1. The Morgan fingerprint density at radius 2 is 2.00 bits per heavy atom. The summed E-state index contributed by atoms with van der Waals surface area (Å²) in [5, 5.41) is 0. The molecular weight excluding hydrogens is 274 g/mol. The maximum atomic E-state index is 11.3. The van der Waals surface area contributed by atoms with E-state index in [0.717, 1.165) is 0 Å². The molecule has 0 aromatic heterocycles. The number of ketones is 1. The van der Waals surface area contributed by atoms with E-state index in [9.17, 15) is 9.59 Å². The standard InChI is InChI=1S/C11H12BrNO3/c1-6(14)10(12)7-3-8(11(15)16-2)5-9(13)4-7/h3-5,10H,13H2,1-2H3. The van der Waals surface area contributed by atoms with E-state index in [0.29, 0.717) is 16.8 Å². The Kier molecular flexibility index (Phi) is 4.06. The second-order valence-corrected chi connectivity index (χ2v) is 4.27. The van der Waals surface area contributed by atoms with Crippen LogP contribution in [0.2, 0.25) is 0 Å². The quantitative estimate of drug-likeness (QED) is 0.524.